The molecule has 0 aliphatic carbocycles. The van der Waals surface area contributed by atoms with E-state index < -0.39 is 7.81 Å². The van der Waals surface area contributed by atoms with E-state index in [1.165, 1.54) is 13.5 Å². The number of ether oxygens (including phenoxy) is 1. The second-order valence-electron chi connectivity index (χ2n) is 2.27. The molecule has 0 heterocycles. The smallest absolute Gasteiger partial charge is 0.309 e. The third kappa shape index (κ3) is 203. The Balaban J connectivity index is -0.0000000463. The molecule has 0 aliphatic heterocycles. The summed E-state index contributed by atoms with van der Waals surface area (Å²) >= 11 is 0. The molecule has 0 saturated heterocycles. The van der Waals surface area contributed by atoms with E-state index in [-0.39, 0.29) is 23.0 Å². The number of carbonyl (C=O) groups excluding carboxylic acids is 1. The van der Waals surface area contributed by atoms with Crippen LogP contribution in [-0.4, -0.2) is 13.1 Å². The van der Waals surface area contributed by atoms with Gasteiger partial charge in [0.25, 0.3) is 0 Å². The molecule has 0 atom stereocenters. The average molecular weight is 410 g/mol. The third-order valence-electron chi connectivity index (χ3n) is 0.681. The molecule has 0 aromatic carbocycles. The van der Waals surface area contributed by atoms with Gasteiger partial charge in [-0.1, -0.05) is 0 Å². The van der Waals surface area contributed by atoms with Crippen LogP contribution in [0.25, 0.3) is 0 Å². The molecule has 0 rings (SSSR count). The molecular formula is C10H9F6FeO5P-. The Morgan fingerprint density at radius 2 is 1.22 bits per heavy atom. The van der Waals surface area contributed by atoms with Gasteiger partial charge >= 0.3 is 72.9 Å². The quantitative estimate of drug-likeness (QED) is 0.133. The summed E-state index contributed by atoms with van der Waals surface area (Å²) < 4.78 is 86.0. The largest absolute Gasteiger partial charge is 0.469 e. The predicted molar refractivity (Wildman–Crippen MR) is 59.9 cm³/mol. The first-order chi connectivity index (χ1) is 9.76. The van der Waals surface area contributed by atoms with E-state index in [1.54, 1.807) is 19.3 Å². The molecule has 0 bridgehead atoms. The van der Waals surface area contributed by atoms with Crippen molar-refractivity contribution in [3.63, 3.8) is 0 Å². The molecule has 0 aliphatic rings. The van der Waals surface area contributed by atoms with Crippen molar-refractivity contribution in [2.75, 3.05) is 7.11 Å². The molecular weight excluding hydrogens is 401 g/mol. The van der Waals surface area contributed by atoms with E-state index in [4.69, 9.17) is 14.0 Å². The Morgan fingerprint density at radius 3 is 1.39 bits per heavy atom. The van der Waals surface area contributed by atoms with E-state index in [2.05, 4.69) is 31.6 Å². The van der Waals surface area contributed by atoms with E-state index in [0.717, 1.165) is 0 Å². The van der Waals surface area contributed by atoms with Crippen LogP contribution in [0.4, 0.5) is 25.2 Å². The van der Waals surface area contributed by atoms with Gasteiger partial charge < -0.3 is 4.74 Å². The number of rotatable bonds is 4. The van der Waals surface area contributed by atoms with Crippen LogP contribution >= 0.6 is 7.81 Å². The molecule has 0 fully saturated rings. The van der Waals surface area contributed by atoms with Crippen LogP contribution in [0.5, 0.6) is 0 Å². The maximum atomic E-state index is 10.3. The molecule has 0 aromatic heterocycles. The van der Waals surface area contributed by atoms with Gasteiger partial charge in [-0.3, -0.25) is 4.79 Å². The molecule has 5 radical (unpaired) electrons. The van der Waals surface area contributed by atoms with Crippen molar-refractivity contribution in [1.82, 2.24) is 0 Å². The maximum Gasteiger partial charge on any atom is 0.309 e. The van der Waals surface area contributed by atoms with Crippen molar-refractivity contribution in [2.45, 2.75) is 0 Å². The average Bonchev–Trinajstić information content (AvgIpc) is 2.42. The van der Waals surface area contributed by atoms with Gasteiger partial charge in [0.05, 0.1) is 13.5 Å². The Bertz CT molecular complexity index is 312. The number of unbranched alkanes of at least 4 members (excludes halogenated alkanes) is 2. The summed E-state index contributed by atoms with van der Waals surface area (Å²) in [7, 11) is -9.32. The van der Waals surface area contributed by atoms with Gasteiger partial charge in [-0.25, -0.2) is 0 Å². The topological polar surface area (TPSA) is 86.0 Å². The minimum absolute atomic E-state index is 0. The summed E-state index contributed by atoms with van der Waals surface area (Å²) in [6.07, 6.45) is 6.12. The summed E-state index contributed by atoms with van der Waals surface area (Å²) in [6, 6.07) is 0. The molecule has 13 heteroatoms. The van der Waals surface area contributed by atoms with Crippen LogP contribution in [0.1, 0.15) is 0 Å². The molecule has 0 unspecified atom stereocenters. The molecule has 0 saturated carbocycles. The fourth-order valence-electron chi connectivity index (χ4n) is 0.281. The molecule has 0 amide bonds. The Morgan fingerprint density at radius 1 is 0.957 bits per heavy atom. The van der Waals surface area contributed by atoms with Crippen LogP contribution < -0.4 is 0 Å². The second-order valence-corrected chi connectivity index (χ2v) is 4.19. The van der Waals surface area contributed by atoms with Crippen molar-refractivity contribution in [3.8, 4) is 0 Å². The molecule has 23 heavy (non-hydrogen) atoms. The van der Waals surface area contributed by atoms with Crippen LogP contribution in [0.3, 0.4) is 0 Å². The first-order valence-corrected chi connectivity index (χ1v) is 6.17. The molecule has 135 valence electrons. The maximum absolute atomic E-state index is 10.7. The standard InChI is InChI=1S/C7H9O2.3CO.F6P.Fe/c1-3-4-5-6-7(8)9-2;3*1-2;1-7(2,3,4,5)6;/h3-6H,1H2,2H3;;;;;/q;;;;-1;. The zero-order chi connectivity index (χ0) is 19.5. The number of hydrogen-bond acceptors (Lipinski definition) is 2. The SMILES string of the molecule is F[P-](F)(F)(F)(F)F.[C-]#[O+].[C-]#[O+].[C-]#[O+].[CH2][CH][CH][CH][CH]C(=O)OC.[Fe]. The summed E-state index contributed by atoms with van der Waals surface area (Å²) in [5.41, 5.74) is 0. The fourth-order valence-corrected chi connectivity index (χ4v) is 0.281. The fraction of sp³-hybridized carbons (Fsp3) is 0.100. The Kier molecular flexibility index (Phi) is 29.1. The molecule has 0 spiro atoms. The van der Waals surface area contributed by atoms with Crippen LogP contribution in [-0.2, 0) is 40.6 Å². The van der Waals surface area contributed by atoms with Crippen LogP contribution in [0.2, 0.25) is 0 Å². The van der Waals surface area contributed by atoms with Crippen molar-refractivity contribution in [1.29, 1.82) is 0 Å². The number of hydrogen-bond donors (Lipinski definition) is 0. The summed E-state index contributed by atoms with van der Waals surface area (Å²) in [6.45, 7) is 16.9. The van der Waals surface area contributed by atoms with Gasteiger partial charge in [0, 0.05) is 17.1 Å². The van der Waals surface area contributed by atoms with Crippen molar-refractivity contribution >= 4 is 13.8 Å². The van der Waals surface area contributed by atoms with Crippen molar-refractivity contribution < 1.29 is 65.7 Å². The first kappa shape index (κ1) is 38.0. The minimum atomic E-state index is -10.7. The summed E-state index contributed by atoms with van der Waals surface area (Å²) in [5.74, 6) is -0.354. The minimum Gasteiger partial charge on any atom is -0.469 e. The molecule has 0 N–H and O–H groups in total. The molecule has 0 aromatic rings. The predicted octanol–water partition coefficient (Wildman–Crippen LogP) is 4.08. The Labute approximate surface area is 140 Å². The molecule has 5 nitrogen and oxygen atoms in total. The van der Waals surface area contributed by atoms with Crippen molar-refractivity contribution in [2.24, 2.45) is 0 Å². The Hall–Kier alpha value is -0.781. The normalized spacial score (nSPS) is 10.9. The zero-order valence-corrected chi connectivity index (χ0v) is 13.1. The van der Waals surface area contributed by atoms with Gasteiger partial charge in [0.1, 0.15) is 0 Å². The van der Waals surface area contributed by atoms with Crippen molar-refractivity contribution in [3.05, 3.63) is 52.6 Å². The van der Waals surface area contributed by atoms with E-state index in [0.29, 0.717) is 0 Å². The number of esters is 1. The van der Waals surface area contributed by atoms with Gasteiger partial charge in [0.2, 0.25) is 0 Å². The van der Waals surface area contributed by atoms with Crippen LogP contribution in [0, 0.1) is 52.6 Å². The van der Waals surface area contributed by atoms with Gasteiger partial charge in [-0.2, -0.15) is 0 Å². The van der Waals surface area contributed by atoms with Gasteiger partial charge in [0.15, 0.2) is 0 Å². The first-order valence-electron chi connectivity index (χ1n) is 4.14. The van der Waals surface area contributed by atoms with E-state index >= 15 is 0 Å². The van der Waals surface area contributed by atoms with E-state index in [1.807, 2.05) is 0 Å². The second kappa shape index (κ2) is 17.6. The van der Waals surface area contributed by atoms with Gasteiger partial charge in [-0.15, -0.1) is 0 Å². The van der Waals surface area contributed by atoms with Gasteiger partial charge in [-0.05, 0) is 26.2 Å². The van der Waals surface area contributed by atoms with Crippen LogP contribution in [0.15, 0.2) is 0 Å². The summed E-state index contributed by atoms with van der Waals surface area (Å²) in [4.78, 5) is 10.3. The van der Waals surface area contributed by atoms with E-state index in [9.17, 15) is 30.0 Å². The summed E-state index contributed by atoms with van der Waals surface area (Å²) in [5, 5.41) is 0. The number of halogens is 6. The zero-order valence-electron chi connectivity index (χ0n) is 11.1. The third-order valence-corrected chi connectivity index (χ3v) is 0.681. The number of methoxy groups -OCH3 is 1. The number of carbonyl (C=O) groups is 1. The monoisotopic (exact) mass is 410 g/mol.